The van der Waals surface area contributed by atoms with Crippen LogP contribution in [0.1, 0.15) is 23.4 Å². The first-order chi connectivity index (χ1) is 6.68. The van der Waals surface area contributed by atoms with Gasteiger partial charge in [-0.1, -0.05) is 0 Å². The van der Waals surface area contributed by atoms with Gasteiger partial charge in [0.25, 0.3) is 5.91 Å². The molecule has 0 bridgehead atoms. The zero-order valence-corrected chi connectivity index (χ0v) is 9.06. The summed E-state index contributed by atoms with van der Waals surface area (Å²) in [4.78, 5) is 13.6. The molecule has 1 aliphatic rings. The number of hydrogen-bond donors (Lipinski definition) is 2. The minimum absolute atomic E-state index is 0.203. The van der Waals surface area contributed by atoms with Crippen molar-refractivity contribution in [2.75, 3.05) is 13.1 Å². The lowest BCUT2D eigenvalue weighted by Crippen LogP contribution is -3.14. The minimum Gasteiger partial charge on any atom is -0.365 e. The molecule has 2 rings (SSSR count). The number of thiophene rings is 1. The van der Waals surface area contributed by atoms with Gasteiger partial charge in [-0.15, -0.1) is 11.3 Å². The van der Waals surface area contributed by atoms with Gasteiger partial charge in [-0.3, -0.25) is 4.79 Å². The first-order valence-corrected chi connectivity index (χ1v) is 5.75. The highest BCUT2D eigenvalue weighted by atomic mass is 32.1. The van der Waals surface area contributed by atoms with Crippen LogP contribution >= 0.6 is 11.3 Å². The number of hydrogen-bond acceptors (Lipinski definition) is 2. The molecule has 76 valence electrons. The maximum atomic E-state index is 10.9. The van der Waals surface area contributed by atoms with Crippen LogP contribution in [0, 0.1) is 0 Å². The summed E-state index contributed by atoms with van der Waals surface area (Å²) in [6.07, 6.45) is 1.08. The van der Waals surface area contributed by atoms with Crippen molar-refractivity contribution in [3.05, 3.63) is 21.9 Å². The van der Waals surface area contributed by atoms with Gasteiger partial charge in [-0.25, -0.2) is 0 Å². The first kappa shape index (κ1) is 9.68. The van der Waals surface area contributed by atoms with Crippen LogP contribution in [-0.2, 0) is 11.2 Å². The standard InChI is InChI=1S/C10H14N2OS/c1-7-8-3-5-14-9(8)2-4-12(7)6-10(11)13/h3,5,7H,2,4,6H2,1H3,(H2,11,13)/p+1/t7-/m0/s1. The number of quaternary nitrogens is 1. The molecule has 0 saturated carbocycles. The monoisotopic (exact) mass is 211 g/mol. The van der Waals surface area contributed by atoms with Gasteiger partial charge in [0.2, 0.25) is 0 Å². The number of primary amides is 1. The summed E-state index contributed by atoms with van der Waals surface area (Å²) in [7, 11) is 0. The molecule has 1 aliphatic heterocycles. The summed E-state index contributed by atoms with van der Waals surface area (Å²) in [5.74, 6) is -0.203. The molecule has 0 radical (unpaired) electrons. The van der Waals surface area contributed by atoms with E-state index >= 15 is 0 Å². The van der Waals surface area contributed by atoms with E-state index in [9.17, 15) is 4.79 Å². The number of amides is 1. The van der Waals surface area contributed by atoms with Gasteiger partial charge in [0.05, 0.1) is 6.54 Å². The number of nitrogens with one attached hydrogen (secondary N) is 1. The molecule has 14 heavy (non-hydrogen) atoms. The number of nitrogens with two attached hydrogens (primary N) is 1. The molecule has 1 aromatic heterocycles. The van der Waals surface area contributed by atoms with E-state index in [2.05, 4.69) is 18.4 Å². The van der Waals surface area contributed by atoms with Gasteiger partial charge in [0.1, 0.15) is 6.04 Å². The maximum Gasteiger partial charge on any atom is 0.272 e. The lowest BCUT2D eigenvalue weighted by molar-refractivity contribution is -0.924. The molecular formula is C10H15N2OS+. The molecule has 0 aromatic carbocycles. The molecule has 0 saturated heterocycles. The van der Waals surface area contributed by atoms with Crippen LogP contribution in [0.5, 0.6) is 0 Å². The Morgan fingerprint density at radius 3 is 3.29 bits per heavy atom. The van der Waals surface area contributed by atoms with Crippen molar-refractivity contribution in [2.24, 2.45) is 5.73 Å². The van der Waals surface area contributed by atoms with Crippen molar-refractivity contribution in [1.82, 2.24) is 0 Å². The Bertz CT molecular complexity index is 348. The van der Waals surface area contributed by atoms with Crippen LogP contribution in [0.4, 0.5) is 0 Å². The minimum atomic E-state index is -0.203. The summed E-state index contributed by atoms with van der Waals surface area (Å²) < 4.78 is 0. The van der Waals surface area contributed by atoms with Gasteiger partial charge in [-0.05, 0) is 18.4 Å². The van der Waals surface area contributed by atoms with Crippen LogP contribution in [0.2, 0.25) is 0 Å². The molecule has 3 N–H and O–H groups in total. The van der Waals surface area contributed by atoms with E-state index in [1.807, 2.05) is 11.3 Å². The molecule has 3 nitrogen and oxygen atoms in total. The van der Waals surface area contributed by atoms with Crippen LogP contribution in [0.3, 0.4) is 0 Å². The van der Waals surface area contributed by atoms with Gasteiger partial charge >= 0.3 is 0 Å². The fourth-order valence-corrected chi connectivity index (χ4v) is 3.10. The Labute approximate surface area is 87.5 Å². The van der Waals surface area contributed by atoms with E-state index in [-0.39, 0.29) is 5.91 Å². The lowest BCUT2D eigenvalue weighted by Gasteiger charge is -2.29. The number of carbonyl (C=O) groups is 1. The third kappa shape index (κ3) is 1.67. The van der Waals surface area contributed by atoms with Crippen LogP contribution in [0.15, 0.2) is 11.4 Å². The summed E-state index contributed by atoms with van der Waals surface area (Å²) >= 11 is 1.82. The molecule has 1 unspecified atom stereocenters. The number of fused-ring (bicyclic) bond motifs is 1. The molecule has 1 amide bonds. The van der Waals surface area contributed by atoms with Gasteiger partial charge in [0, 0.05) is 16.9 Å². The van der Waals surface area contributed by atoms with E-state index in [0.717, 1.165) is 13.0 Å². The Morgan fingerprint density at radius 2 is 2.57 bits per heavy atom. The quantitative estimate of drug-likeness (QED) is 0.695. The average Bonchev–Trinajstić information content (AvgIpc) is 2.57. The largest absolute Gasteiger partial charge is 0.365 e. The van der Waals surface area contributed by atoms with Crippen molar-refractivity contribution >= 4 is 17.2 Å². The zero-order chi connectivity index (χ0) is 10.1. The van der Waals surface area contributed by atoms with Crippen molar-refractivity contribution in [3.63, 3.8) is 0 Å². The van der Waals surface area contributed by atoms with E-state index in [1.54, 1.807) is 0 Å². The average molecular weight is 211 g/mol. The zero-order valence-electron chi connectivity index (χ0n) is 8.25. The summed E-state index contributed by atoms with van der Waals surface area (Å²) in [6.45, 7) is 3.65. The molecule has 0 aliphatic carbocycles. The van der Waals surface area contributed by atoms with Gasteiger partial charge in [0.15, 0.2) is 6.54 Å². The normalized spacial score (nSPS) is 25.8. The van der Waals surface area contributed by atoms with Crippen LogP contribution < -0.4 is 10.6 Å². The van der Waals surface area contributed by atoms with E-state index in [1.165, 1.54) is 15.3 Å². The van der Waals surface area contributed by atoms with Crippen molar-refractivity contribution < 1.29 is 9.69 Å². The molecule has 1 aromatic rings. The second-order valence-corrected chi connectivity index (χ2v) is 4.82. The topological polar surface area (TPSA) is 47.5 Å². The third-order valence-corrected chi connectivity index (χ3v) is 3.93. The predicted molar refractivity (Wildman–Crippen MR) is 56.3 cm³/mol. The molecule has 0 spiro atoms. The third-order valence-electron chi connectivity index (χ3n) is 2.93. The lowest BCUT2D eigenvalue weighted by atomic mass is 10.0. The van der Waals surface area contributed by atoms with Crippen LogP contribution in [-0.4, -0.2) is 19.0 Å². The second-order valence-electron chi connectivity index (χ2n) is 3.82. The van der Waals surface area contributed by atoms with E-state index < -0.39 is 0 Å². The molecule has 2 heterocycles. The Balaban J connectivity index is 2.16. The van der Waals surface area contributed by atoms with Gasteiger partial charge < -0.3 is 10.6 Å². The second kappa shape index (κ2) is 3.71. The fourth-order valence-electron chi connectivity index (χ4n) is 2.12. The predicted octanol–water partition coefficient (Wildman–Crippen LogP) is -0.265. The summed E-state index contributed by atoms with van der Waals surface area (Å²) in [6, 6.07) is 2.59. The first-order valence-electron chi connectivity index (χ1n) is 4.87. The van der Waals surface area contributed by atoms with Crippen molar-refractivity contribution in [1.29, 1.82) is 0 Å². The highest BCUT2D eigenvalue weighted by Crippen LogP contribution is 2.24. The Morgan fingerprint density at radius 1 is 1.79 bits per heavy atom. The smallest absolute Gasteiger partial charge is 0.272 e. The van der Waals surface area contributed by atoms with Crippen LogP contribution in [0.25, 0.3) is 0 Å². The molecule has 2 atom stereocenters. The van der Waals surface area contributed by atoms with E-state index in [0.29, 0.717) is 12.6 Å². The fraction of sp³-hybridized carbons (Fsp3) is 0.500. The molecular weight excluding hydrogens is 196 g/mol. The van der Waals surface area contributed by atoms with Crippen molar-refractivity contribution in [2.45, 2.75) is 19.4 Å². The Kier molecular flexibility index (Phi) is 2.56. The summed E-state index contributed by atoms with van der Waals surface area (Å²) in [5, 5.41) is 2.13. The number of rotatable bonds is 2. The highest BCUT2D eigenvalue weighted by molar-refractivity contribution is 7.10. The van der Waals surface area contributed by atoms with Gasteiger partial charge in [-0.2, -0.15) is 0 Å². The highest BCUT2D eigenvalue weighted by Gasteiger charge is 2.28. The number of carbonyl (C=O) groups excluding carboxylic acids is 1. The molecule has 0 fully saturated rings. The molecule has 4 heteroatoms. The SMILES string of the molecule is C[C@H]1c2ccsc2CC[NH+]1CC(N)=O. The summed E-state index contributed by atoms with van der Waals surface area (Å²) in [5.41, 5.74) is 6.62. The Hall–Kier alpha value is -0.870. The van der Waals surface area contributed by atoms with Crippen molar-refractivity contribution in [3.8, 4) is 0 Å². The maximum absolute atomic E-state index is 10.9. The van der Waals surface area contributed by atoms with E-state index in [4.69, 9.17) is 5.73 Å².